The molecule has 1 aromatic heterocycles. The molecule has 0 saturated heterocycles. The third kappa shape index (κ3) is 3.48. The number of nitrogens with zero attached hydrogens (tertiary/aromatic N) is 3. The Morgan fingerprint density at radius 2 is 1.85 bits per heavy atom. The Kier molecular flexibility index (Phi) is 5.37. The summed E-state index contributed by atoms with van der Waals surface area (Å²) >= 11 is 0. The molecule has 136 valence electrons. The standard InChI is InChI=1S/C19H21N3O3S/c1-4-25-19(23)22-17-12-8-6-10-15(17)20-18(22)26(24)13-14-9-5-7-11-16(14)21(2)3/h5-12H,4,13H2,1-3H3. The van der Waals surface area contributed by atoms with Crippen LogP contribution in [0.3, 0.4) is 0 Å². The molecule has 0 spiro atoms. The van der Waals surface area contributed by atoms with Gasteiger partial charge in [0.25, 0.3) is 0 Å². The normalized spacial score (nSPS) is 12.1. The van der Waals surface area contributed by atoms with Gasteiger partial charge in [-0.25, -0.2) is 14.3 Å². The van der Waals surface area contributed by atoms with Gasteiger partial charge in [-0.15, -0.1) is 0 Å². The molecule has 3 aromatic rings. The molecule has 0 saturated carbocycles. The Morgan fingerprint density at radius 1 is 1.15 bits per heavy atom. The van der Waals surface area contributed by atoms with Gasteiger partial charge < -0.3 is 9.64 Å². The largest absolute Gasteiger partial charge is 0.449 e. The van der Waals surface area contributed by atoms with E-state index in [-0.39, 0.29) is 17.5 Å². The van der Waals surface area contributed by atoms with Gasteiger partial charge in [-0.2, -0.15) is 0 Å². The minimum Gasteiger partial charge on any atom is -0.449 e. The minimum absolute atomic E-state index is 0.207. The Bertz CT molecular complexity index is 966. The Hall–Kier alpha value is -2.67. The maximum Gasteiger partial charge on any atom is 0.420 e. The molecule has 0 amide bonds. The van der Waals surface area contributed by atoms with E-state index in [1.807, 2.05) is 55.4 Å². The fraction of sp³-hybridized carbons (Fsp3) is 0.263. The lowest BCUT2D eigenvalue weighted by Crippen LogP contribution is -2.18. The van der Waals surface area contributed by atoms with Crippen molar-refractivity contribution in [1.82, 2.24) is 9.55 Å². The second kappa shape index (κ2) is 7.70. The lowest BCUT2D eigenvalue weighted by Gasteiger charge is -2.17. The highest BCUT2D eigenvalue weighted by Crippen LogP contribution is 2.24. The molecule has 0 N–H and O–H groups in total. The number of anilines is 1. The van der Waals surface area contributed by atoms with E-state index in [9.17, 15) is 9.00 Å². The van der Waals surface area contributed by atoms with Gasteiger partial charge >= 0.3 is 6.09 Å². The third-order valence-corrected chi connectivity index (χ3v) is 5.20. The monoisotopic (exact) mass is 371 g/mol. The molecule has 1 unspecified atom stereocenters. The summed E-state index contributed by atoms with van der Waals surface area (Å²) in [5.41, 5.74) is 3.12. The molecule has 1 atom stereocenters. The van der Waals surface area contributed by atoms with E-state index in [0.29, 0.717) is 11.0 Å². The van der Waals surface area contributed by atoms with Gasteiger partial charge in [0, 0.05) is 19.8 Å². The molecule has 0 bridgehead atoms. The zero-order chi connectivity index (χ0) is 18.7. The molecule has 3 rings (SSSR count). The summed E-state index contributed by atoms with van der Waals surface area (Å²) in [5, 5.41) is 0.207. The van der Waals surface area contributed by atoms with E-state index < -0.39 is 16.9 Å². The second-order valence-corrected chi connectivity index (χ2v) is 7.28. The van der Waals surface area contributed by atoms with Crippen LogP contribution < -0.4 is 4.90 Å². The summed E-state index contributed by atoms with van der Waals surface area (Å²) in [4.78, 5) is 18.8. The summed E-state index contributed by atoms with van der Waals surface area (Å²) in [6.45, 7) is 1.97. The molecular formula is C19H21N3O3S. The molecule has 0 aliphatic heterocycles. The average Bonchev–Trinajstić information content (AvgIpc) is 3.02. The summed E-state index contributed by atoms with van der Waals surface area (Å²) in [6.07, 6.45) is -0.564. The van der Waals surface area contributed by atoms with Gasteiger partial charge in [-0.05, 0) is 30.7 Å². The van der Waals surface area contributed by atoms with E-state index in [1.165, 1.54) is 4.57 Å². The van der Waals surface area contributed by atoms with Crippen molar-refractivity contribution in [2.24, 2.45) is 0 Å². The smallest absolute Gasteiger partial charge is 0.420 e. The number of carbonyl (C=O) groups excluding carboxylic acids is 1. The van der Waals surface area contributed by atoms with E-state index >= 15 is 0 Å². The molecule has 0 radical (unpaired) electrons. The number of hydrogen-bond acceptors (Lipinski definition) is 5. The predicted molar refractivity (Wildman–Crippen MR) is 103 cm³/mol. The average molecular weight is 371 g/mol. The number of rotatable bonds is 5. The first-order chi connectivity index (χ1) is 12.5. The number of fused-ring (bicyclic) bond motifs is 1. The molecule has 0 fully saturated rings. The van der Waals surface area contributed by atoms with Crippen LogP contribution in [0, 0.1) is 0 Å². The van der Waals surface area contributed by atoms with Crippen molar-refractivity contribution in [2.75, 3.05) is 25.6 Å². The SMILES string of the molecule is CCOC(=O)n1c(S(=O)Cc2ccccc2N(C)C)nc2ccccc21. The first-order valence-electron chi connectivity index (χ1n) is 8.31. The fourth-order valence-corrected chi connectivity index (χ4v) is 4.03. The number of ether oxygens (including phenoxy) is 1. The molecule has 0 aliphatic rings. The number of carbonyl (C=O) groups is 1. The topological polar surface area (TPSA) is 64.4 Å². The maximum absolute atomic E-state index is 13.1. The van der Waals surface area contributed by atoms with Crippen LogP contribution in [0.4, 0.5) is 10.5 Å². The quantitative estimate of drug-likeness (QED) is 0.688. The molecule has 0 aliphatic carbocycles. The summed E-state index contributed by atoms with van der Waals surface area (Å²) < 4.78 is 19.5. The Labute approximate surface area is 154 Å². The zero-order valence-electron chi connectivity index (χ0n) is 15.0. The Morgan fingerprint density at radius 3 is 2.58 bits per heavy atom. The van der Waals surface area contributed by atoms with Crippen LogP contribution in [0.25, 0.3) is 11.0 Å². The fourth-order valence-electron chi connectivity index (χ4n) is 2.80. The van der Waals surface area contributed by atoms with Crippen LogP contribution in [0.1, 0.15) is 12.5 Å². The summed E-state index contributed by atoms with van der Waals surface area (Å²) in [5.74, 6) is 0.261. The molecule has 6 nitrogen and oxygen atoms in total. The van der Waals surface area contributed by atoms with Crippen molar-refractivity contribution in [3.63, 3.8) is 0 Å². The summed E-state index contributed by atoms with van der Waals surface area (Å²) in [7, 11) is 2.37. The molecule has 1 heterocycles. The predicted octanol–water partition coefficient (Wildman–Crippen LogP) is 3.41. The van der Waals surface area contributed by atoms with E-state index in [0.717, 1.165) is 11.3 Å². The second-order valence-electron chi connectivity index (χ2n) is 5.93. The highest BCUT2D eigenvalue weighted by molar-refractivity contribution is 7.84. The number of benzene rings is 2. The van der Waals surface area contributed by atoms with Gasteiger partial charge in [0.15, 0.2) is 0 Å². The molecule has 2 aromatic carbocycles. The number of aromatic nitrogens is 2. The van der Waals surface area contributed by atoms with Gasteiger partial charge in [-0.3, -0.25) is 4.21 Å². The number of imidazole rings is 1. The van der Waals surface area contributed by atoms with Crippen LogP contribution >= 0.6 is 0 Å². The van der Waals surface area contributed by atoms with Crippen LogP contribution in [-0.2, 0) is 21.3 Å². The lowest BCUT2D eigenvalue weighted by molar-refractivity contribution is 0.152. The minimum atomic E-state index is -1.51. The van der Waals surface area contributed by atoms with Crippen molar-refractivity contribution < 1.29 is 13.7 Å². The maximum atomic E-state index is 13.1. The van der Waals surface area contributed by atoms with Crippen LogP contribution in [0.15, 0.2) is 53.7 Å². The van der Waals surface area contributed by atoms with E-state index in [4.69, 9.17) is 4.74 Å². The van der Waals surface area contributed by atoms with Crippen molar-refractivity contribution >= 4 is 33.6 Å². The Balaban J connectivity index is 2.04. The van der Waals surface area contributed by atoms with Gasteiger partial charge in [0.1, 0.15) is 0 Å². The lowest BCUT2D eigenvalue weighted by atomic mass is 10.2. The molecule has 7 heteroatoms. The molecular weight excluding hydrogens is 350 g/mol. The van der Waals surface area contributed by atoms with Crippen molar-refractivity contribution in [3.05, 3.63) is 54.1 Å². The first kappa shape index (κ1) is 18.1. The molecule has 26 heavy (non-hydrogen) atoms. The first-order valence-corrected chi connectivity index (χ1v) is 9.63. The zero-order valence-corrected chi connectivity index (χ0v) is 15.8. The van der Waals surface area contributed by atoms with Gasteiger partial charge in [-0.1, -0.05) is 30.3 Å². The number of para-hydroxylation sites is 3. The highest BCUT2D eigenvalue weighted by atomic mass is 32.2. The summed E-state index contributed by atoms with van der Waals surface area (Å²) in [6, 6.07) is 15.0. The number of hydrogen-bond donors (Lipinski definition) is 0. The van der Waals surface area contributed by atoms with Crippen LogP contribution in [-0.4, -0.2) is 40.6 Å². The van der Waals surface area contributed by atoms with Crippen molar-refractivity contribution in [1.29, 1.82) is 0 Å². The van der Waals surface area contributed by atoms with Crippen LogP contribution in [0.5, 0.6) is 0 Å². The van der Waals surface area contributed by atoms with Gasteiger partial charge in [0.2, 0.25) is 5.16 Å². The van der Waals surface area contributed by atoms with E-state index in [2.05, 4.69) is 4.98 Å². The third-order valence-electron chi connectivity index (χ3n) is 3.94. The van der Waals surface area contributed by atoms with Crippen molar-refractivity contribution in [3.8, 4) is 0 Å². The van der Waals surface area contributed by atoms with Crippen LogP contribution in [0.2, 0.25) is 0 Å². The highest BCUT2D eigenvalue weighted by Gasteiger charge is 2.23. The van der Waals surface area contributed by atoms with Crippen molar-refractivity contribution in [2.45, 2.75) is 17.8 Å². The van der Waals surface area contributed by atoms with Gasteiger partial charge in [0.05, 0.1) is 34.2 Å². The van der Waals surface area contributed by atoms with E-state index in [1.54, 1.807) is 19.1 Å².